The molecule has 1 aliphatic heterocycles. The van der Waals surface area contributed by atoms with Crippen LogP contribution in [0.5, 0.6) is 10.9 Å². The third-order valence-corrected chi connectivity index (χ3v) is 6.28. The van der Waals surface area contributed by atoms with Gasteiger partial charge in [-0.1, -0.05) is 11.3 Å². The zero-order valence-corrected chi connectivity index (χ0v) is 17.7. The van der Waals surface area contributed by atoms with E-state index in [0.717, 1.165) is 55.2 Å². The van der Waals surface area contributed by atoms with Gasteiger partial charge in [0.25, 0.3) is 5.19 Å². The Hall–Kier alpha value is -3.04. The largest absolute Gasteiger partial charge is 0.464 e. The summed E-state index contributed by atoms with van der Waals surface area (Å²) in [6.07, 6.45) is 4.84. The Morgan fingerprint density at radius 1 is 1.35 bits per heavy atom. The van der Waals surface area contributed by atoms with Crippen LogP contribution in [-0.2, 0) is 11.3 Å². The van der Waals surface area contributed by atoms with Crippen molar-refractivity contribution in [3.63, 3.8) is 0 Å². The van der Waals surface area contributed by atoms with E-state index >= 15 is 0 Å². The zero-order valence-electron chi connectivity index (χ0n) is 16.9. The number of thiazole rings is 1. The average Bonchev–Trinajstić information content (AvgIpc) is 3.32. The molecule has 1 aromatic carbocycles. The van der Waals surface area contributed by atoms with Crippen molar-refractivity contribution in [1.82, 2.24) is 20.2 Å². The number of amides is 1. The topological polar surface area (TPSA) is 80.5 Å². The number of benzene rings is 1. The van der Waals surface area contributed by atoms with Crippen LogP contribution in [-0.4, -0.2) is 39.9 Å². The number of pyridine rings is 1. The van der Waals surface area contributed by atoms with Crippen molar-refractivity contribution in [1.29, 1.82) is 0 Å². The van der Waals surface area contributed by atoms with Crippen molar-refractivity contribution >= 4 is 38.6 Å². The van der Waals surface area contributed by atoms with Crippen molar-refractivity contribution in [2.75, 3.05) is 13.1 Å². The smallest absolute Gasteiger partial charge is 0.281 e. The minimum Gasteiger partial charge on any atom is -0.464 e. The van der Waals surface area contributed by atoms with Gasteiger partial charge in [-0.05, 0) is 31.0 Å². The second-order valence-corrected chi connectivity index (χ2v) is 8.72. The van der Waals surface area contributed by atoms with Gasteiger partial charge in [0.15, 0.2) is 5.65 Å². The summed E-state index contributed by atoms with van der Waals surface area (Å²) in [4.78, 5) is 21.9. The molecular formula is C22H21FN4O3S. The number of hydrogen-bond donors (Lipinski definition) is 1. The molecule has 1 amide bonds. The molecular weight excluding hydrogens is 419 g/mol. The maximum atomic E-state index is 13.3. The molecule has 160 valence electrons. The van der Waals surface area contributed by atoms with E-state index < -0.39 is 5.82 Å². The molecule has 1 N–H and O–H groups in total. The van der Waals surface area contributed by atoms with Crippen molar-refractivity contribution in [2.24, 2.45) is 0 Å². The highest BCUT2D eigenvalue weighted by Crippen LogP contribution is 2.33. The van der Waals surface area contributed by atoms with Gasteiger partial charge < -0.3 is 14.5 Å². The highest BCUT2D eigenvalue weighted by atomic mass is 32.1. The molecule has 0 aliphatic carbocycles. The predicted molar refractivity (Wildman–Crippen MR) is 116 cm³/mol. The summed E-state index contributed by atoms with van der Waals surface area (Å²) in [6.45, 7) is 4.24. The molecule has 4 heterocycles. The number of fused-ring (bicyclic) bond motifs is 2. The number of nitrogens with one attached hydrogen (secondary N) is 1. The number of hydrogen-bond acceptors (Lipinski definition) is 7. The number of piperidine rings is 1. The first kappa shape index (κ1) is 19.9. The van der Waals surface area contributed by atoms with Gasteiger partial charge >= 0.3 is 0 Å². The van der Waals surface area contributed by atoms with E-state index in [1.807, 2.05) is 18.2 Å². The number of likely N-dealkylation sites (tertiary alicyclic amines) is 1. The number of carbonyl (C=O) groups is 1. The Bertz CT molecular complexity index is 1250. The van der Waals surface area contributed by atoms with Gasteiger partial charge in [-0.3, -0.25) is 9.69 Å². The maximum absolute atomic E-state index is 13.3. The van der Waals surface area contributed by atoms with E-state index in [4.69, 9.17) is 9.15 Å². The third-order valence-electron chi connectivity index (χ3n) is 5.42. The van der Waals surface area contributed by atoms with Crippen LogP contribution >= 0.6 is 11.3 Å². The lowest BCUT2D eigenvalue weighted by Crippen LogP contribution is -2.43. The van der Waals surface area contributed by atoms with Crippen molar-refractivity contribution < 1.29 is 18.3 Å². The molecule has 1 aliphatic rings. The van der Waals surface area contributed by atoms with Gasteiger partial charge in [0.05, 0.1) is 17.2 Å². The van der Waals surface area contributed by atoms with E-state index in [0.29, 0.717) is 21.3 Å². The SMILES string of the molecule is CC(=O)NC1CCN(Cc2coc3cc(Oc4nc5ncc(F)cc5s4)ccc23)CC1. The van der Waals surface area contributed by atoms with Crippen molar-refractivity contribution in [3.05, 3.63) is 48.1 Å². The molecule has 4 aromatic rings. The summed E-state index contributed by atoms with van der Waals surface area (Å²) < 4.78 is 25.6. The highest BCUT2D eigenvalue weighted by Gasteiger charge is 2.21. The summed E-state index contributed by atoms with van der Waals surface area (Å²) in [5.41, 5.74) is 2.33. The molecule has 0 bridgehead atoms. The summed E-state index contributed by atoms with van der Waals surface area (Å²) in [5, 5.41) is 4.45. The molecule has 0 spiro atoms. The average molecular weight is 441 g/mol. The number of furan rings is 1. The van der Waals surface area contributed by atoms with Gasteiger partial charge in [-0.15, -0.1) is 0 Å². The molecule has 1 saturated heterocycles. The summed E-state index contributed by atoms with van der Waals surface area (Å²) in [6, 6.07) is 7.36. The van der Waals surface area contributed by atoms with Crippen LogP contribution in [0.2, 0.25) is 0 Å². The van der Waals surface area contributed by atoms with Gasteiger partial charge in [-0.25, -0.2) is 9.37 Å². The van der Waals surface area contributed by atoms with Crippen molar-refractivity contribution in [2.45, 2.75) is 32.4 Å². The Morgan fingerprint density at radius 2 is 2.19 bits per heavy atom. The Morgan fingerprint density at radius 3 is 3.00 bits per heavy atom. The van der Waals surface area contributed by atoms with E-state index in [-0.39, 0.29) is 11.9 Å². The first-order valence-corrected chi connectivity index (χ1v) is 10.9. The first-order valence-electron chi connectivity index (χ1n) is 10.1. The number of ether oxygens (including phenoxy) is 1. The monoisotopic (exact) mass is 440 g/mol. The lowest BCUT2D eigenvalue weighted by Gasteiger charge is -2.31. The van der Waals surface area contributed by atoms with Gasteiger partial charge in [-0.2, -0.15) is 4.98 Å². The zero-order chi connectivity index (χ0) is 21.4. The molecule has 0 atom stereocenters. The van der Waals surface area contributed by atoms with Crippen LogP contribution in [0.4, 0.5) is 4.39 Å². The molecule has 0 saturated carbocycles. The second kappa shape index (κ2) is 8.24. The number of nitrogens with zero attached hydrogens (tertiary/aromatic N) is 3. The fourth-order valence-electron chi connectivity index (χ4n) is 3.93. The van der Waals surface area contributed by atoms with Gasteiger partial charge in [0.1, 0.15) is 17.1 Å². The van der Waals surface area contributed by atoms with E-state index in [1.165, 1.54) is 17.4 Å². The van der Waals surface area contributed by atoms with E-state index in [2.05, 4.69) is 20.2 Å². The van der Waals surface area contributed by atoms with Crippen LogP contribution in [0.25, 0.3) is 21.3 Å². The fourth-order valence-corrected chi connectivity index (χ4v) is 4.75. The van der Waals surface area contributed by atoms with E-state index in [9.17, 15) is 9.18 Å². The maximum Gasteiger partial charge on any atom is 0.281 e. The third kappa shape index (κ3) is 4.38. The lowest BCUT2D eigenvalue weighted by molar-refractivity contribution is -0.119. The predicted octanol–water partition coefficient (Wildman–Crippen LogP) is 4.47. The van der Waals surface area contributed by atoms with Gasteiger partial charge in [0, 0.05) is 49.6 Å². The van der Waals surface area contributed by atoms with E-state index in [1.54, 1.807) is 13.2 Å². The Kier molecular flexibility index (Phi) is 5.29. The first-order chi connectivity index (χ1) is 15.0. The Balaban J connectivity index is 1.27. The van der Waals surface area contributed by atoms with Crippen LogP contribution in [0, 0.1) is 5.82 Å². The highest BCUT2D eigenvalue weighted by molar-refractivity contribution is 7.20. The number of carbonyl (C=O) groups excluding carboxylic acids is 1. The van der Waals surface area contributed by atoms with Crippen molar-refractivity contribution in [3.8, 4) is 10.9 Å². The molecule has 31 heavy (non-hydrogen) atoms. The Labute approximate surface area is 181 Å². The minimum atomic E-state index is -0.397. The summed E-state index contributed by atoms with van der Waals surface area (Å²) in [5.74, 6) is 0.238. The number of halogens is 1. The quantitative estimate of drug-likeness (QED) is 0.493. The van der Waals surface area contributed by atoms with Crippen LogP contribution < -0.4 is 10.1 Å². The molecule has 0 radical (unpaired) electrons. The molecule has 9 heteroatoms. The fraction of sp³-hybridized carbons (Fsp3) is 0.318. The molecule has 3 aromatic heterocycles. The molecule has 0 unspecified atom stereocenters. The molecule has 5 rings (SSSR count). The second-order valence-electron chi connectivity index (χ2n) is 7.73. The van der Waals surface area contributed by atoms with Crippen LogP contribution in [0.15, 0.2) is 41.1 Å². The van der Waals surface area contributed by atoms with Gasteiger partial charge in [0.2, 0.25) is 5.91 Å². The standard InChI is InChI=1S/C22H21FN4O3S/c1-13(28)25-16-4-6-27(7-5-16)11-14-12-29-19-9-17(2-3-18(14)19)30-22-26-21-20(31-22)8-15(23)10-24-21/h2-3,8-10,12,16H,4-7,11H2,1H3,(H,25,28). The number of rotatable bonds is 5. The lowest BCUT2D eigenvalue weighted by atomic mass is 10.0. The normalized spacial score (nSPS) is 15.5. The van der Waals surface area contributed by atoms with Crippen LogP contribution in [0.3, 0.4) is 0 Å². The number of aromatic nitrogens is 2. The summed E-state index contributed by atoms with van der Waals surface area (Å²) >= 11 is 1.24. The summed E-state index contributed by atoms with van der Waals surface area (Å²) in [7, 11) is 0. The molecule has 7 nitrogen and oxygen atoms in total. The minimum absolute atomic E-state index is 0.0339. The van der Waals surface area contributed by atoms with Crippen LogP contribution in [0.1, 0.15) is 25.3 Å². The molecule has 1 fully saturated rings.